The third kappa shape index (κ3) is 3.45. The lowest BCUT2D eigenvalue weighted by molar-refractivity contribution is -0.130. The molecule has 2 aromatic carbocycles. The predicted molar refractivity (Wildman–Crippen MR) is 106 cm³/mol. The van der Waals surface area contributed by atoms with Gasteiger partial charge in [0.1, 0.15) is 0 Å². The minimum Gasteiger partial charge on any atom is -0.399 e. The molecule has 5 nitrogen and oxygen atoms in total. The number of carbonyl (C=O) groups is 2. The fourth-order valence-electron chi connectivity index (χ4n) is 4.37. The second kappa shape index (κ2) is 6.91. The molecular weight excluding hydrogens is 338 g/mol. The first-order chi connectivity index (χ1) is 13.0. The van der Waals surface area contributed by atoms with Gasteiger partial charge in [-0.2, -0.15) is 0 Å². The first-order valence-corrected chi connectivity index (χ1v) is 9.23. The molecule has 5 N–H and O–H groups in total. The number of carbonyl (C=O) groups excluding carboxylic acids is 2. The lowest BCUT2D eigenvalue weighted by Gasteiger charge is -2.24. The number of fused-ring (bicyclic) bond motifs is 2. The second-order valence-electron chi connectivity index (χ2n) is 7.51. The highest BCUT2D eigenvalue weighted by atomic mass is 16.2. The molecule has 2 aliphatic carbocycles. The van der Waals surface area contributed by atoms with Gasteiger partial charge in [0.25, 0.3) is 0 Å². The van der Waals surface area contributed by atoms with Crippen LogP contribution in [0.25, 0.3) is 0 Å². The highest BCUT2D eigenvalue weighted by Crippen LogP contribution is 2.48. The van der Waals surface area contributed by atoms with Crippen LogP contribution in [0.1, 0.15) is 17.5 Å². The van der Waals surface area contributed by atoms with Gasteiger partial charge in [-0.1, -0.05) is 36.4 Å². The van der Waals surface area contributed by atoms with Gasteiger partial charge in [0, 0.05) is 11.4 Å². The van der Waals surface area contributed by atoms with E-state index in [-0.39, 0.29) is 29.6 Å². The van der Waals surface area contributed by atoms with E-state index in [9.17, 15) is 9.59 Å². The molecule has 1 saturated carbocycles. The van der Waals surface area contributed by atoms with Gasteiger partial charge in [0.2, 0.25) is 11.8 Å². The van der Waals surface area contributed by atoms with Crippen molar-refractivity contribution >= 4 is 23.2 Å². The first kappa shape index (κ1) is 17.3. The van der Waals surface area contributed by atoms with Gasteiger partial charge in [-0.3, -0.25) is 9.59 Å². The molecule has 5 heteroatoms. The van der Waals surface area contributed by atoms with Crippen molar-refractivity contribution in [3.05, 3.63) is 71.8 Å². The van der Waals surface area contributed by atoms with Crippen LogP contribution in [0, 0.1) is 23.7 Å². The van der Waals surface area contributed by atoms with E-state index >= 15 is 0 Å². The van der Waals surface area contributed by atoms with Crippen molar-refractivity contribution < 1.29 is 9.59 Å². The van der Waals surface area contributed by atoms with Gasteiger partial charge in [-0.25, -0.2) is 0 Å². The Morgan fingerprint density at radius 1 is 0.889 bits per heavy atom. The van der Waals surface area contributed by atoms with Gasteiger partial charge < -0.3 is 16.8 Å². The Kier molecular flexibility index (Phi) is 4.44. The molecule has 1 fully saturated rings. The van der Waals surface area contributed by atoms with Crippen molar-refractivity contribution in [2.45, 2.75) is 12.8 Å². The van der Waals surface area contributed by atoms with E-state index in [0.29, 0.717) is 0 Å². The van der Waals surface area contributed by atoms with Crippen LogP contribution in [0.2, 0.25) is 0 Å². The Balaban J connectivity index is 1.42. The van der Waals surface area contributed by atoms with E-state index in [1.165, 1.54) is 5.56 Å². The topological polar surface area (TPSA) is 98.2 Å². The zero-order valence-electron chi connectivity index (χ0n) is 15.0. The van der Waals surface area contributed by atoms with Gasteiger partial charge in [0.15, 0.2) is 0 Å². The molecule has 4 atom stereocenters. The molecule has 138 valence electrons. The van der Waals surface area contributed by atoms with Crippen LogP contribution in [-0.2, 0) is 16.0 Å². The van der Waals surface area contributed by atoms with Gasteiger partial charge >= 0.3 is 0 Å². The average molecular weight is 361 g/mol. The zero-order valence-corrected chi connectivity index (χ0v) is 15.0. The molecule has 0 aromatic heterocycles. The molecule has 0 spiro atoms. The quantitative estimate of drug-likeness (QED) is 0.564. The number of amides is 2. The first-order valence-electron chi connectivity index (χ1n) is 9.23. The summed E-state index contributed by atoms with van der Waals surface area (Å²) in [6.45, 7) is 0. The number of nitrogen functional groups attached to an aromatic ring is 1. The van der Waals surface area contributed by atoms with Crippen molar-refractivity contribution in [2.75, 3.05) is 11.1 Å². The van der Waals surface area contributed by atoms with E-state index < -0.39 is 5.92 Å². The van der Waals surface area contributed by atoms with E-state index in [0.717, 1.165) is 29.8 Å². The molecule has 2 amide bonds. The Morgan fingerprint density at radius 3 is 2.04 bits per heavy atom. The molecule has 0 aliphatic heterocycles. The number of rotatable bonds is 5. The van der Waals surface area contributed by atoms with Crippen LogP contribution in [0.3, 0.4) is 0 Å². The maximum Gasteiger partial charge on any atom is 0.228 e. The summed E-state index contributed by atoms with van der Waals surface area (Å²) in [7, 11) is 0. The number of hydrogen-bond acceptors (Lipinski definition) is 3. The van der Waals surface area contributed by atoms with Crippen molar-refractivity contribution in [1.82, 2.24) is 0 Å². The monoisotopic (exact) mass is 361 g/mol. The minimum absolute atomic E-state index is 0.102. The summed E-state index contributed by atoms with van der Waals surface area (Å²) >= 11 is 0. The normalized spacial score (nSPS) is 25.5. The Hall–Kier alpha value is -3.08. The number of nitrogens with one attached hydrogen (secondary N) is 1. The van der Waals surface area contributed by atoms with Crippen molar-refractivity contribution in [1.29, 1.82) is 0 Å². The van der Waals surface area contributed by atoms with E-state index in [1.807, 2.05) is 60.7 Å². The largest absolute Gasteiger partial charge is 0.399 e. The van der Waals surface area contributed by atoms with Crippen LogP contribution in [0.5, 0.6) is 0 Å². The fraction of sp³-hybridized carbons (Fsp3) is 0.273. The standard InChI is InChI=1S/C22H23N3O2/c23-17-7-1-13(2-8-17)11-14-3-9-18(10-4-14)25-22(27)20-16-6-5-15(12-16)19(20)21(24)26/h1-10,15-16,19-20H,11-12,23H2,(H2,24,26)(H,25,27). The minimum atomic E-state index is -0.398. The number of hydrogen-bond donors (Lipinski definition) is 3. The molecule has 4 unspecified atom stereocenters. The number of nitrogens with two attached hydrogens (primary N) is 2. The van der Waals surface area contributed by atoms with Crippen LogP contribution in [-0.4, -0.2) is 11.8 Å². The average Bonchev–Trinajstić information content (AvgIpc) is 3.26. The summed E-state index contributed by atoms with van der Waals surface area (Å²) in [6, 6.07) is 15.6. The predicted octanol–water partition coefficient (Wildman–Crippen LogP) is 2.72. The highest BCUT2D eigenvalue weighted by molar-refractivity contribution is 5.97. The van der Waals surface area contributed by atoms with Crippen LogP contribution < -0.4 is 16.8 Å². The molecule has 27 heavy (non-hydrogen) atoms. The van der Waals surface area contributed by atoms with Crippen LogP contribution in [0.15, 0.2) is 60.7 Å². The summed E-state index contributed by atoms with van der Waals surface area (Å²) < 4.78 is 0. The summed E-state index contributed by atoms with van der Waals surface area (Å²) in [5.74, 6) is -1.06. The SMILES string of the molecule is NC(=O)C1C2C=CC(C2)C1C(=O)Nc1ccc(Cc2ccc(N)cc2)cc1. The Bertz CT molecular complexity index is 887. The van der Waals surface area contributed by atoms with Gasteiger partial charge in [-0.15, -0.1) is 0 Å². The number of primary amides is 1. The molecule has 2 bridgehead atoms. The lowest BCUT2D eigenvalue weighted by atomic mass is 9.82. The van der Waals surface area contributed by atoms with E-state index in [4.69, 9.17) is 11.5 Å². The summed E-state index contributed by atoms with van der Waals surface area (Å²) in [5, 5.41) is 2.95. The lowest BCUT2D eigenvalue weighted by Crippen LogP contribution is -2.39. The molecule has 0 heterocycles. The maximum atomic E-state index is 12.8. The van der Waals surface area contributed by atoms with Crippen LogP contribution >= 0.6 is 0 Å². The summed E-state index contributed by atoms with van der Waals surface area (Å²) in [4.78, 5) is 24.6. The molecule has 0 radical (unpaired) electrons. The van der Waals surface area contributed by atoms with Crippen molar-refractivity contribution in [3.63, 3.8) is 0 Å². The smallest absolute Gasteiger partial charge is 0.228 e. The Labute approximate surface area is 158 Å². The molecule has 0 saturated heterocycles. The summed E-state index contributed by atoms with van der Waals surface area (Å²) in [6.07, 6.45) is 5.71. The Morgan fingerprint density at radius 2 is 1.44 bits per heavy atom. The van der Waals surface area contributed by atoms with Gasteiger partial charge in [0.05, 0.1) is 11.8 Å². The number of benzene rings is 2. The van der Waals surface area contributed by atoms with E-state index in [1.54, 1.807) is 0 Å². The van der Waals surface area contributed by atoms with Crippen molar-refractivity contribution in [3.8, 4) is 0 Å². The molecular formula is C22H23N3O2. The maximum absolute atomic E-state index is 12.8. The fourth-order valence-corrected chi connectivity index (χ4v) is 4.37. The van der Waals surface area contributed by atoms with E-state index in [2.05, 4.69) is 5.32 Å². The zero-order chi connectivity index (χ0) is 19.0. The molecule has 2 aliphatic rings. The van der Waals surface area contributed by atoms with Gasteiger partial charge in [-0.05, 0) is 60.1 Å². The summed E-state index contributed by atoms with van der Waals surface area (Å²) in [5.41, 5.74) is 15.1. The molecule has 4 rings (SSSR count). The number of anilines is 2. The van der Waals surface area contributed by atoms with Crippen molar-refractivity contribution in [2.24, 2.45) is 29.4 Å². The third-order valence-electron chi connectivity index (χ3n) is 5.70. The highest BCUT2D eigenvalue weighted by Gasteiger charge is 2.50. The number of allylic oxidation sites excluding steroid dienone is 2. The third-order valence-corrected chi connectivity index (χ3v) is 5.70. The second-order valence-corrected chi connectivity index (χ2v) is 7.51. The van der Waals surface area contributed by atoms with Crippen LogP contribution in [0.4, 0.5) is 11.4 Å². The molecule has 2 aromatic rings.